The van der Waals surface area contributed by atoms with Gasteiger partial charge in [-0.1, -0.05) is 18.2 Å². The Kier molecular flexibility index (Phi) is 2.72. The van der Waals surface area contributed by atoms with Crippen LogP contribution in [-0.2, 0) is 17.3 Å². The zero-order chi connectivity index (χ0) is 17.9. The van der Waals surface area contributed by atoms with Crippen molar-refractivity contribution in [3.8, 4) is 11.9 Å². The number of carbonyl (C=O) groups excluding carboxylic acids is 1. The molecule has 9 heteroatoms. The third-order valence-corrected chi connectivity index (χ3v) is 4.51. The van der Waals surface area contributed by atoms with Gasteiger partial charge >= 0.3 is 5.69 Å². The average molecular weight is 337 g/mol. The van der Waals surface area contributed by atoms with Crippen LogP contribution in [0.5, 0.6) is 5.88 Å². The van der Waals surface area contributed by atoms with E-state index in [4.69, 9.17) is 10.5 Å². The lowest BCUT2D eigenvalue weighted by Crippen LogP contribution is -2.50. The van der Waals surface area contributed by atoms with E-state index >= 15 is 0 Å². The Bertz CT molecular complexity index is 1150. The summed E-state index contributed by atoms with van der Waals surface area (Å²) in [5, 5.41) is 12.3. The van der Waals surface area contributed by atoms with Crippen molar-refractivity contribution in [1.29, 1.82) is 5.26 Å². The minimum absolute atomic E-state index is 0.150. The number of amides is 1. The summed E-state index contributed by atoms with van der Waals surface area (Å²) in [6, 6.07) is 8.55. The molecule has 4 N–H and O–H groups in total. The van der Waals surface area contributed by atoms with Crippen LogP contribution < -0.4 is 27.0 Å². The zero-order valence-electron chi connectivity index (χ0n) is 12.9. The van der Waals surface area contributed by atoms with E-state index in [0.29, 0.717) is 11.3 Å². The molecule has 2 aromatic rings. The predicted octanol–water partition coefficient (Wildman–Crippen LogP) is -0.602. The van der Waals surface area contributed by atoms with Gasteiger partial charge in [-0.2, -0.15) is 5.26 Å². The third kappa shape index (κ3) is 1.57. The summed E-state index contributed by atoms with van der Waals surface area (Å²) in [4.78, 5) is 40.1. The van der Waals surface area contributed by atoms with Crippen LogP contribution in [0.15, 0.2) is 45.3 Å². The molecule has 0 bridgehead atoms. The first-order valence-corrected chi connectivity index (χ1v) is 7.25. The monoisotopic (exact) mass is 337 g/mol. The molecule has 1 atom stereocenters. The lowest BCUT2D eigenvalue weighted by molar-refractivity contribution is -0.118. The summed E-state index contributed by atoms with van der Waals surface area (Å²) in [5.41, 5.74) is 3.09. The fraction of sp³-hybridized carbons (Fsp3) is 0.125. The van der Waals surface area contributed by atoms with Gasteiger partial charge in [0.15, 0.2) is 5.41 Å². The van der Waals surface area contributed by atoms with E-state index in [0.717, 1.165) is 4.57 Å². The van der Waals surface area contributed by atoms with Crippen molar-refractivity contribution in [1.82, 2.24) is 9.55 Å². The van der Waals surface area contributed by atoms with Gasteiger partial charge in [-0.3, -0.25) is 19.1 Å². The standard InChI is InChI=1S/C16H11N5O4/c1-21-13(22)10-12(20-15(21)24)25-11(18)8(6-17)16(10)7-4-2-3-5-9(7)19-14(16)23/h2-5H,18H2,1H3,(H,19,23)(H,20,24). The molecule has 25 heavy (non-hydrogen) atoms. The van der Waals surface area contributed by atoms with Gasteiger partial charge in [0.2, 0.25) is 17.7 Å². The molecule has 9 nitrogen and oxygen atoms in total. The Balaban J connectivity index is 2.26. The number of benzene rings is 1. The van der Waals surface area contributed by atoms with Crippen LogP contribution in [-0.4, -0.2) is 15.5 Å². The highest BCUT2D eigenvalue weighted by atomic mass is 16.5. The fourth-order valence-corrected chi connectivity index (χ4v) is 3.37. The highest BCUT2D eigenvalue weighted by Crippen LogP contribution is 2.50. The maximum absolute atomic E-state index is 13.0. The Hall–Kier alpha value is -3.80. The van der Waals surface area contributed by atoms with Crippen molar-refractivity contribution in [3.05, 3.63) is 67.7 Å². The summed E-state index contributed by atoms with van der Waals surface area (Å²) < 4.78 is 6.10. The minimum Gasteiger partial charge on any atom is -0.423 e. The number of rotatable bonds is 0. The van der Waals surface area contributed by atoms with E-state index in [-0.39, 0.29) is 22.9 Å². The number of aromatic nitrogens is 2. The molecule has 1 amide bonds. The molecule has 124 valence electrons. The molecular formula is C16H11N5O4. The number of nitrogens with zero attached hydrogens (tertiary/aromatic N) is 2. The first-order chi connectivity index (χ1) is 11.9. The maximum atomic E-state index is 13.0. The van der Waals surface area contributed by atoms with Crippen LogP contribution in [0, 0.1) is 11.3 Å². The molecule has 2 aliphatic rings. The summed E-state index contributed by atoms with van der Waals surface area (Å²) in [6.45, 7) is 0. The lowest BCUT2D eigenvalue weighted by Gasteiger charge is -2.32. The van der Waals surface area contributed by atoms with E-state index < -0.39 is 22.6 Å². The highest BCUT2D eigenvalue weighted by Gasteiger charge is 2.58. The van der Waals surface area contributed by atoms with Crippen LogP contribution in [0.2, 0.25) is 0 Å². The number of para-hydroxylation sites is 1. The van der Waals surface area contributed by atoms with E-state index in [2.05, 4.69) is 10.3 Å². The van der Waals surface area contributed by atoms with Gasteiger partial charge in [-0.25, -0.2) is 4.79 Å². The summed E-state index contributed by atoms with van der Waals surface area (Å²) in [6.07, 6.45) is 0. The van der Waals surface area contributed by atoms with E-state index in [9.17, 15) is 19.6 Å². The summed E-state index contributed by atoms with van der Waals surface area (Å²) in [5.74, 6) is -1.19. The van der Waals surface area contributed by atoms with Gasteiger partial charge < -0.3 is 15.8 Å². The fourth-order valence-electron chi connectivity index (χ4n) is 3.37. The Labute approximate surface area is 140 Å². The number of anilines is 1. The normalized spacial score (nSPS) is 20.6. The molecule has 0 saturated carbocycles. The molecule has 1 aromatic heterocycles. The lowest BCUT2D eigenvalue weighted by atomic mass is 9.70. The quantitative estimate of drug-likeness (QED) is 0.585. The molecule has 1 spiro atoms. The Morgan fingerprint density at radius 2 is 2.00 bits per heavy atom. The third-order valence-electron chi connectivity index (χ3n) is 4.51. The predicted molar refractivity (Wildman–Crippen MR) is 85.6 cm³/mol. The van der Waals surface area contributed by atoms with Gasteiger partial charge in [0.1, 0.15) is 17.2 Å². The maximum Gasteiger partial charge on any atom is 0.330 e. The average Bonchev–Trinajstić information content (AvgIpc) is 2.86. The molecule has 0 saturated heterocycles. The number of nitrogens with two attached hydrogens (primary N) is 1. The van der Waals surface area contributed by atoms with Crippen molar-refractivity contribution >= 4 is 11.6 Å². The number of aromatic amines is 1. The Morgan fingerprint density at radius 3 is 2.72 bits per heavy atom. The van der Waals surface area contributed by atoms with E-state index in [1.807, 2.05) is 6.07 Å². The van der Waals surface area contributed by atoms with Gasteiger partial charge in [-0.05, 0) is 6.07 Å². The van der Waals surface area contributed by atoms with Gasteiger partial charge in [0.05, 0.1) is 0 Å². The molecule has 0 fully saturated rings. The zero-order valence-corrected chi connectivity index (χ0v) is 12.9. The highest BCUT2D eigenvalue weighted by molar-refractivity contribution is 6.12. The van der Waals surface area contributed by atoms with Gasteiger partial charge in [0, 0.05) is 18.3 Å². The largest absolute Gasteiger partial charge is 0.423 e. The Morgan fingerprint density at radius 1 is 1.28 bits per heavy atom. The van der Waals surface area contributed by atoms with Crippen LogP contribution in [0.4, 0.5) is 5.69 Å². The molecule has 2 aliphatic heterocycles. The number of hydrogen-bond donors (Lipinski definition) is 3. The second kappa shape index (κ2) is 4.61. The minimum atomic E-state index is -1.78. The molecule has 1 unspecified atom stereocenters. The van der Waals surface area contributed by atoms with Gasteiger partial charge in [-0.15, -0.1) is 0 Å². The molecular weight excluding hydrogens is 326 g/mol. The summed E-state index contributed by atoms with van der Waals surface area (Å²) >= 11 is 0. The molecule has 0 radical (unpaired) electrons. The number of nitrogens with one attached hydrogen (secondary N) is 2. The van der Waals surface area contributed by atoms with Crippen LogP contribution in [0.25, 0.3) is 0 Å². The number of nitriles is 1. The molecule has 0 aliphatic carbocycles. The number of hydrogen-bond acceptors (Lipinski definition) is 6. The number of ether oxygens (including phenoxy) is 1. The van der Waals surface area contributed by atoms with Crippen LogP contribution in [0.1, 0.15) is 11.1 Å². The van der Waals surface area contributed by atoms with Crippen molar-refractivity contribution in [2.75, 3.05) is 5.32 Å². The first-order valence-electron chi connectivity index (χ1n) is 7.25. The SMILES string of the molecule is Cn1c(=O)[nH]c2c(c1=O)C1(C(=O)Nc3ccccc31)C(C#N)=C(N)O2. The van der Waals surface area contributed by atoms with Crippen molar-refractivity contribution in [2.45, 2.75) is 5.41 Å². The van der Waals surface area contributed by atoms with Crippen molar-refractivity contribution in [2.24, 2.45) is 12.8 Å². The molecule has 1 aromatic carbocycles. The summed E-state index contributed by atoms with van der Waals surface area (Å²) in [7, 11) is 1.27. The number of carbonyl (C=O) groups is 1. The van der Waals surface area contributed by atoms with E-state index in [1.54, 1.807) is 24.3 Å². The molecule has 4 rings (SSSR count). The second-order valence-corrected chi connectivity index (χ2v) is 5.70. The number of fused-ring (bicyclic) bond motifs is 4. The van der Waals surface area contributed by atoms with Crippen molar-refractivity contribution in [3.63, 3.8) is 0 Å². The van der Waals surface area contributed by atoms with Crippen LogP contribution in [0.3, 0.4) is 0 Å². The van der Waals surface area contributed by atoms with Crippen molar-refractivity contribution < 1.29 is 9.53 Å². The smallest absolute Gasteiger partial charge is 0.330 e. The van der Waals surface area contributed by atoms with Gasteiger partial charge in [0.25, 0.3) is 5.56 Å². The molecule has 3 heterocycles. The van der Waals surface area contributed by atoms with E-state index in [1.165, 1.54) is 7.05 Å². The number of H-pyrrole nitrogens is 1. The second-order valence-electron chi connectivity index (χ2n) is 5.70. The van der Waals surface area contributed by atoms with Crippen LogP contribution >= 0.6 is 0 Å². The topological polar surface area (TPSA) is 143 Å². The first kappa shape index (κ1) is 14.8.